The van der Waals surface area contributed by atoms with Crippen LogP contribution in [0.4, 0.5) is 5.69 Å². The first kappa shape index (κ1) is 21.8. The minimum absolute atomic E-state index is 0.0943. The molecule has 2 amide bonds. The third kappa shape index (κ3) is 6.25. The van der Waals surface area contributed by atoms with Crippen LogP contribution >= 0.6 is 0 Å². The highest BCUT2D eigenvalue weighted by molar-refractivity contribution is 5.91. The van der Waals surface area contributed by atoms with E-state index in [0.29, 0.717) is 48.7 Å². The number of rotatable bonds is 9. The molecule has 2 aromatic carbocycles. The number of amides is 2. The summed E-state index contributed by atoms with van der Waals surface area (Å²) in [4.78, 5) is 25.6. The molecule has 152 valence electrons. The fourth-order valence-corrected chi connectivity index (χ4v) is 2.87. The van der Waals surface area contributed by atoms with Gasteiger partial charge in [0.25, 0.3) is 0 Å². The Labute approximate surface area is 170 Å². The number of hydrogen-bond donors (Lipinski definition) is 1. The summed E-state index contributed by atoms with van der Waals surface area (Å²) in [5.74, 6) is 1.05. The van der Waals surface area contributed by atoms with E-state index in [1.807, 2.05) is 24.3 Å². The Morgan fingerprint density at radius 1 is 1.07 bits per heavy atom. The van der Waals surface area contributed by atoms with Gasteiger partial charge in [-0.3, -0.25) is 9.59 Å². The lowest BCUT2D eigenvalue weighted by Gasteiger charge is -2.21. The van der Waals surface area contributed by atoms with Crippen LogP contribution in [0.2, 0.25) is 0 Å². The summed E-state index contributed by atoms with van der Waals surface area (Å²) in [7, 11) is 3.15. The molecule has 0 spiro atoms. The van der Waals surface area contributed by atoms with E-state index in [1.54, 1.807) is 43.4 Å². The summed E-state index contributed by atoms with van der Waals surface area (Å²) in [6.45, 7) is 2.16. The Morgan fingerprint density at radius 2 is 1.76 bits per heavy atom. The molecule has 0 atom stereocenters. The Kier molecular flexibility index (Phi) is 8.04. The van der Waals surface area contributed by atoms with Crippen molar-refractivity contribution in [1.29, 1.82) is 5.26 Å². The molecule has 1 N–H and O–H groups in total. The summed E-state index contributed by atoms with van der Waals surface area (Å²) < 4.78 is 10.5. The number of benzene rings is 2. The summed E-state index contributed by atoms with van der Waals surface area (Å²) in [5, 5.41) is 11.7. The van der Waals surface area contributed by atoms with Gasteiger partial charge in [-0.1, -0.05) is 6.07 Å². The third-order valence-electron chi connectivity index (χ3n) is 4.43. The van der Waals surface area contributed by atoms with Crippen LogP contribution in [-0.4, -0.2) is 39.1 Å². The van der Waals surface area contributed by atoms with Crippen molar-refractivity contribution in [3.63, 3.8) is 0 Å². The predicted molar refractivity (Wildman–Crippen MR) is 110 cm³/mol. The highest BCUT2D eigenvalue weighted by Gasteiger charge is 2.12. The number of hydrogen-bond acceptors (Lipinski definition) is 5. The first-order chi connectivity index (χ1) is 14.0. The summed E-state index contributed by atoms with van der Waals surface area (Å²) in [6.07, 6.45) is 0.894. The summed E-state index contributed by atoms with van der Waals surface area (Å²) >= 11 is 0. The number of carbonyl (C=O) groups is 2. The second kappa shape index (κ2) is 10.7. The molecule has 29 heavy (non-hydrogen) atoms. The molecule has 0 heterocycles. The van der Waals surface area contributed by atoms with Gasteiger partial charge in [0.05, 0.1) is 25.9 Å². The number of nitrogens with zero attached hydrogens (tertiary/aromatic N) is 2. The van der Waals surface area contributed by atoms with E-state index in [4.69, 9.17) is 14.7 Å². The van der Waals surface area contributed by atoms with Crippen molar-refractivity contribution in [1.82, 2.24) is 5.32 Å². The fourth-order valence-electron chi connectivity index (χ4n) is 2.87. The van der Waals surface area contributed by atoms with Crippen LogP contribution in [0.3, 0.4) is 0 Å². The van der Waals surface area contributed by atoms with Gasteiger partial charge in [0, 0.05) is 32.1 Å². The SMILES string of the molecule is COc1ccc(CCC(=O)NCCN(C(C)=O)c2ccc(C#N)cc2)cc1OC. The normalized spacial score (nSPS) is 10.0. The van der Waals surface area contributed by atoms with Gasteiger partial charge < -0.3 is 19.7 Å². The summed E-state index contributed by atoms with van der Waals surface area (Å²) in [5.41, 5.74) is 2.19. The summed E-state index contributed by atoms with van der Waals surface area (Å²) in [6, 6.07) is 14.4. The van der Waals surface area contributed by atoms with Gasteiger partial charge in [-0.2, -0.15) is 5.26 Å². The fraction of sp³-hybridized carbons (Fsp3) is 0.318. The first-order valence-corrected chi connectivity index (χ1v) is 9.24. The molecule has 0 aliphatic rings. The molecule has 0 aliphatic heterocycles. The highest BCUT2D eigenvalue weighted by atomic mass is 16.5. The number of nitrogens with one attached hydrogen (secondary N) is 1. The van der Waals surface area contributed by atoms with Gasteiger partial charge in [-0.15, -0.1) is 0 Å². The van der Waals surface area contributed by atoms with E-state index in [1.165, 1.54) is 6.92 Å². The zero-order valence-corrected chi connectivity index (χ0v) is 16.9. The van der Waals surface area contributed by atoms with Crippen LogP contribution in [0.15, 0.2) is 42.5 Å². The number of aryl methyl sites for hydroxylation is 1. The van der Waals surface area contributed by atoms with Gasteiger partial charge in [0.2, 0.25) is 11.8 Å². The lowest BCUT2D eigenvalue weighted by Crippen LogP contribution is -2.37. The second-order valence-electron chi connectivity index (χ2n) is 6.37. The molecule has 0 aliphatic carbocycles. The average Bonchev–Trinajstić information content (AvgIpc) is 2.74. The average molecular weight is 395 g/mol. The Balaban J connectivity index is 1.84. The molecular weight excluding hydrogens is 370 g/mol. The van der Waals surface area contributed by atoms with Crippen LogP contribution in [0.25, 0.3) is 0 Å². The maximum atomic E-state index is 12.2. The van der Waals surface area contributed by atoms with Gasteiger partial charge in [-0.05, 0) is 48.4 Å². The van der Waals surface area contributed by atoms with Gasteiger partial charge >= 0.3 is 0 Å². The molecule has 2 rings (SSSR count). The number of nitriles is 1. The number of carbonyl (C=O) groups excluding carboxylic acids is 2. The largest absolute Gasteiger partial charge is 0.493 e. The lowest BCUT2D eigenvalue weighted by atomic mass is 10.1. The smallest absolute Gasteiger partial charge is 0.223 e. The molecule has 0 bridgehead atoms. The lowest BCUT2D eigenvalue weighted by molar-refractivity contribution is -0.121. The van der Waals surface area contributed by atoms with Crippen LogP contribution in [-0.2, 0) is 16.0 Å². The molecule has 2 aromatic rings. The molecule has 7 nitrogen and oxygen atoms in total. The van der Waals surface area contributed by atoms with Gasteiger partial charge in [0.1, 0.15) is 0 Å². The van der Waals surface area contributed by atoms with Crippen molar-refractivity contribution in [2.75, 3.05) is 32.2 Å². The van der Waals surface area contributed by atoms with Crippen LogP contribution in [0, 0.1) is 11.3 Å². The molecular formula is C22H25N3O4. The molecule has 0 fully saturated rings. The Hall–Kier alpha value is -3.53. The van der Waals surface area contributed by atoms with E-state index < -0.39 is 0 Å². The number of ether oxygens (including phenoxy) is 2. The molecule has 0 saturated carbocycles. The van der Waals surface area contributed by atoms with E-state index >= 15 is 0 Å². The van der Waals surface area contributed by atoms with Crippen LogP contribution in [0.1, 0.15) is 24.5 Å². The number of anilines is 1. The van der Waals surface area contributed by atoms with E-state index in [-0.39, 0.29) is 11.8 Å². The monoisotopic (exact) mass is 395 g/mol. The van der Waals surface area contributed by atoms with E-state index in [2.05, 4.69) is 5.32 Å². The standard InChI is InChI=1S/C22H25N3O4/c1-16(26)25(19-8-4-18(15-23)5-9-19)13-12-24-22(27)11-7-17-6-10-20(28-2)21(14-17)29-3/h4-6,8-10,14H,7,11-13H2,1-3H3,(H,24,27). The quantitative estimate of drug-likeness (QED) is 0.705. The predicted octanol–water partition coefficient (Wildman–Crippen LogP) is 2.68. The van der Waals surface area contributed by atoms with Crippen molar-refractivity contribution in [2.24, 2.45) is 0 Å². The maximum Gasteiger partial charge on any atom is 0.223 e. The Bertz CT molecular complexity index is 888. The molecule has 0 saturated heterocycles. The third-order valence-corrected chi connectivity index (χ3v) is 4.43. The van der Waals surface area contributed by atoms with Gasteiger partial charge in [-0.25, -0.2) is 0 Å². The van der Waals surface area contributed by atoms with Gasteiger partial charge in [0.15, 0.2) is 11.5 Å². The van der Waals surface area contributed by atoms with Crippen LogP contribution < -0.4 is 19.7 Å². The Morgan fingerprint density at radius 3 is 2.34 bits per heavy atom. The number of methoxy groups -OCH3 is 2. The van der Waals surface area contributed by atoms with Crippen molar-refractivity contribution >= 4 is 17.5 Å². The minimum Gasteiger partial charge on any atom is -0.493 e. The van der Waals surface area contributed by atoms with E-state index in [9.17, 15) is 9.59 Å². The highest BCUT2D eigenvalue weighted by Crippen LogP contribution is 2.27. The first-order valence-electron chi connectivity index (χ1n) is 9.24. The van der Waals surface area contributed by atoms with Crippen molar-refractivity contribution in [2.45, 2.75) is 19.8 Å². The topological polar surface area (TPSA) is 91.7 Å². The molecule has 7 heteroatoms. The van der Waals surface area contributed by atoms with E-state index in [0.717, 1.165) is 5.56 Å². The molecule has 0 aromatic heterocycles. The van der Waals surface area contributed by atoms with Crippen molar-refractivity contribution in [3.8, 4) is 17.6 Å². The zero-order valence-electron chi connectivity index (χ0n) is 16.9. The van der Waals surface area contributed by atoms with Crippen molar-refractivity contribution < 1.29 is 19.1 Å². The zero-order chi connectivity index (χ0) is 21.2. The maximum absolute atomic E-state index is 12.2. The van der Waals surface area contributed by atoms with Crippen LogP contribution in [0.5, 0.6) is 11.5 Å². The van der Waals surface area contributed by atoms with Crippen molar-refractivity contribution in [3.05, 3.63) is 53.6 Å². The molecule has 0 radical (unpaired) electrons. The second-order valence-corrected chi connectivity index (χ2v) is 6.37. The minimum atomic E-state index is -0.130. The molecule has 0 unspecified atom stereocenters.